The Morgan fingerprint density at radius 2 is 2.19 bits per heavy atom. The molecular formula is C19H18N2O4S. The zero-order chi connectivity index (χ0) is 18.7. The first-order chi connectivity index (χ1) is 12.5. The number of furan rings is 1. The molecular weight excluding hydrogens is 352 g/mol. The van der Waals surface area contributed by atoms with E-state index >= 15 is 0 Å². The summed E-state index contributed by atoms with van der Waals surface area (Å²) < 4.78 is 11.9. The SMILES string of the molecule is C=CCn1c(SCc2cc(C(=O)OC)c(C)o2)nc2ccccc2c1=O. The molecule has 0 aliphatic rings. The molecule has 26 heavy (non-hydrogen) atoms. The van der Waals surface area contributed by atoms with Crippen molar-refractivity contribution in [3.05, 3.63) is 70.4 Å². The molecule has 134 valence electrons. The Kier molecular flexibility index (Phi) is 5.27. The molecule has 3 rings (SSSR count). The van der Waals surface area contributed by atoms with Crippen molar-refractivity contribution in [3.63, 3.8) is 0 Å². The monoisotopic (exact) mass is 370 g/mol. The second-order valence-electron chi connectivity index (χ2n) is 5.58. The standard InChI is InChI=1S/C19H18N2O4S/c1-4-9-21-17(22)14-7-5-6-8-16(14)20-19(21)26-11-13-10-15(12(2)25-13)18(23)24-3/h4-8,10H,1,9,11H2,2-3H3. The van der Waals surface area contributed by atoms with Gasteiger partial charge in [0.05, 0.1) is 23.8 Å². The van der Waals surface area contributed by atoms with Gasteiger partial charge in [0.2, 0.25) is 0 Å². The van der Waals surface area contributed by atoms with E-state index in [1.807, 2.05) is 18.2 Å². The highest BCUT2D eigenvalue weighted by atomic mass is 32.2. The second-order valence-corrected chi connectivity index (χ2v) is 6.52. The number of hydrogen-bond acceptors (Lipinski definition) is 6. The third-order valence-electron chi connectivity index (χ3n) is 3.86. The van der Waals surface area contributed by atoms with Crippen LogP contribution in [0, 0.1) is 6.92 Å². The molecule has 0 unspecified atom stereocenters. The van der Waals surface area contributed by atoms with Gasteiger partial charge < -0.3 is 9.15 Å². The Morgan fingerprint density at radius 1 is 1.42 bits per heavy atom. The summed E-state index contributed by atoms with van der Waals surface area (Å²) >= 11 is 1.37. The predicted octanol–water partition coefficient (Wildman–Crippen LogP) is 3.56. The molecule has 0 aliphatic carbocycles. The van der Waals surface area contributed by atoms with E-state index in [9.17, 15) is 9.59 Å². The van der Waals surface area contributed by atoms with Crippen LogP contribution in [0.2, 0.25) is 0 Å². The van der Waals surface area contributed by atoms with E-state index in [1.54, 1.807) is 29.7 Å². The Bertz CT molecular complexity index is 1040. The van der Waals surface area contributed by atoms with Gasteiger partial charge in [0, 0.05) is 6.54 Å². The summed E-state index contributed by atoms with van der Waals surface area (Å²) in [6, 6.07) is 8.89. The number of esters is 1. The lowest BCUT2D eigenvalue weighted by Gasteiger charge is -2.10. The van der Waals surface area contributed by atoms with Crippen LogP contribution in [0.15, 0.2) is 57.4 Å². The lowest BCUT2D eigenvalue weighted by molar-refractivity contribution is 0.0599. The number of aryl methyl sites for hydroxylation is 1. The summed E-state index contributed by atoms with van der Waals surface area (Å²) in [6.45, 7) is 5.79. The third-order valence-corrected chi connectivity index (χ3v) is 4.85. The van der Waals surface area contributed by atoms with Crippen LogP contribution in [0.5, 0.6) is 0 Å². The molecule has 0 aliphatic heterocycles. The molecule has 0 amide bonds. The summed E-state index contributed by atoms with van der Waals surface area (Å²) in [5.41, 5.74) is 0.938. The molecule has 0 N–H and O–H groups in total. The Hall–Kier alpha value is -2.80. The van der Waals surface area contributed by atoms with Crippen LogP contribution in [0.3, 0.4) is 0 Å². The largest absolute Gasteiger partial charge is 0.465 e. The maximum absolute atomic E-state index is 12.7. The minimum absolute atomic E-state index is 0.108. The molecule has 0 atom stereocenters. The van der Waals surface area contributed by atoms with Crippen LogP contribution < -0.4 is 5.56 Å². The van der Waals surface area contributed by atoms with Gasteiger partial charge in [-0.25, -0.2) is 9.78 Å². The van der Waals surface area contributed by atoms with Crippen molar-refractivity contribution in [2.75, 3.05) is 7.11 Å². The highest BCUT2D eigenvalue weighted by Crippen LogP contribution is 2.25. The lowest BCUT2D eigenvalue weighted by atomic mass is 10.2. The number of carbonyl (C=O) groups excluding carboxylic acids is 1. The average molecular weight is 370 g/mol. The number of aromatic nitrogens is 2. The molecule has 2 aromatic heterocycles. The summed E-state index contributed by atoms with van der Waals surface area (Å²) in [6.07, 6.45) is 1.66. The van der Waals surface area contributed by atoms with Crippen molar-refractivity contribution < 1.29 is 13.9 Å². The highest BCUT2D eigenvalue weighted by molar-refractivity contribution is 7.98. The van der Waals surface area contributed by atoms with E-state index in [4.69, 9.17) is 9.15 Å². The summed E-state index contributed by atoms with van der Waals surface area (Å²) in [5, 5.41) is 1.14. The fourth-order valence-electron chi connectivity index (χ4n) is 2.61. The summed E-state index contributed by atoms with van der Waals surface area (Å²) in [7, 11) is 1.33. The van der Waals surface area contributed by atoms with E-state index in [-0.39, 0.29) is 5.56 Å². The van der Waals surface area contributed by atoms with Gasteiger partial charge in [-0.1, -0.05) is 30.0 Å². The number of thioether (sulfide) groups is 1. The van der Waals surface area contributed by atoms with Gasteiger partial charge in [-0.15, -0.1) is 6.58 Å². The van der Waals surface area contributed by atoms with Crippen molar-refractivity contribution in [1.82, 2.24) is 9.55 Å². The topological polar surface area (TPSA) is 74.3 Å². The number of rotatable bonds is 6. The molecule has 0 radical (unpaired) electrons. The fraction of sp³-hybridized carbons (Fsp3) is 0.211. The smallest absolute Gasteiger partial charge is 0.341 e. The van der Waals surface area contributed by atoms with Gasteiger partial charge in [-0.2, -0.15) is 0 Å². The fourth-order valence-corrected chi connectivity index (χ4v) is 3.50. The highest BCUT2D eigenvalue weighted by Gasteiger charge is 2.17. The molecule has 3 aromatic rings. The zero-order valence-corrected chi connectivity index (χ0v) is 15.3. The molecule has 1 aromatic carbocycles. The van der Waals surface area contributed by atoms with Crippen LogP contribution in [0.4, 0.5) is 0 Å². The molecule has 0 fully saturated rings. The van der Waals surface area contributed by atoms with Crippen molar-refractivity contribution in [3.8, 4) is 0 Å². The number of allylic oxidation sites excluding steroid dienone is 1. The van der Waals surface area contributed by atoms with E-state index in [2.05, 4.69) is 11.6 Å². The Labute approximate surface area is 154 Å². The number of para-hydroxylation sites is 1. The number of fused-ring (bicyclic) bond motifs is 1. The molecule has 7 heteroatoms. The Morgan fingerprint density at radius 3 is 2.92 bits per heavy atom. The number of methoxy groups -OCH3 is 1. The minimum Gasteiger partial charge on any atom is -0.465 e. The molecule has 0 bridgehead atoms. The zero-order valence-electron chi connectivity index (χ0n) is 14.5. The number of hydrogen-bond donors (Lipinski definition) is 0. The van der Waals surface area contributed by atoms with Gasteiger partial charge in [0.1, 0.15) is 17.1 Å². The van der Waals surface area contributed by atoms with E-state index < -0.39 is 5.97 Å². The lowest BCUT2D eigenvalue weighted by Crippen LogP contribution is -2.22. The van der Waals surface area contributed by atoms with Crippen LogP contribution in [-0.2, 0) is 17.0 Å². The first-order valence-electron chi connectivity index (χ1n) is 7.96. The van der Waals surface area contributed by atoms with E-state index in [1.165, 1.54) is 18.9 Å². The van der Waals surface area contributed by atoms with Gasteiger partial charge >= 0.3 is 5.97 Å². The minimum atomic E-state index is -0.435. The number of nitrogens with zero attached hydrogens (tertiary/aromatic N) is 2. The average Bonchev–Trinajstić information content (AvgIpc) is 3.03. The van der Waals surface area contributed by atoms with Crippen LogP contribution >= 0.6 is 11.8 Å². The van der Waals surface area contributed by atoms with Gasteiger partial charge in [-0.3, -0.25) is 9.36 Å². The maximum Gasteiger partial charge on any atom is 0.341 e. The molecule has 0 saturated carbocycles. The van der Waals surface area contributed by atoms with E-state index in [0.717, 1.165) is 0 Å². The first kappa shape index (κ1) is 18.0. The van der Waals surface area contributed by atoms with E-state index in [0.29, 0.717) is 45.4 Å². The van der Waals surface area contributed by atoms with Crippen molar-refractivity contribution in [1.29, 1.82) is 0 Å². The Balaban J connectivity index is 1.93. The third kappa shape index (κ3) is 3.43. The van der Waals surface area contributed by atoms with Gasteiger partial charge in [-0.05, 0) is 25.1 Å². The van der Waals surface area contributed by atoms with Crippen LogP contribution in [-0.4, -0.2) is 22.6 Å². The quantitative estimate of drug-likeness (QED) is 0.286. The van der Waals surface area contributed by atoms with Gasteiger partial charge in [0.15, 0.2) is 5.16 Å². The second kappa shape index (κ2) is 7.61. The normalized spacial score (nSPS) is 10.8. The molecule has 2 heterocycles. The first-order valence-corrected chi connectivity index (χ1v) is 8.94. The number of ether oxygens (including phenoxy) is 1. The van der Waals surface area contributed by atoms with Crippen LogP contribution in [0.1, 0.15) is 21.9 Å². The van der Waals surface area contributed by atoms with Crippen molar-refractivity contribution in [2.45, 2.75) is 24.4 Å². The predicted molar refractivity (Wildman–Crippen MR) is 101 cm³/mol. The molecule has 0 saturated heterocycles. The van der Waals surface area contributed by atoms with Crippen molar-refractivity contribution in [2.24, 2.45) is 0 Å². The van der Waals surface area contributed by atoms with Crippen LogP contribution in [0.25, 0.3) is 10.9 Å². The molecule has 0 spiro atoms. The summed E-state index contributed by atoms with van der Waals surface area (Å²) in [4.78, 5) is 29.0. The number of benzene rings is 1. The number of carbonyl (C=O) groups is 1. The van der Waals surface area contributed by atoms with Gasteiger partial charge in [0.25, 0.3) is 5.56 Å². The molecule has 6 nitrogen and oxygen atoms in total. The van der Waals surface area contributed by atoms with Crippen molar-refractivity contribution >= 4 is 28.6 Å². The maximum atomic E-state index is 12.7. The summed E-state index contributed by atoms with van der Waals surface area (Å²) in [5.74, 6) is 1.11.